The van der Waals surface area contributed by atoms with Gasteiger partial charge in [0.25, 0.3) is 0 Å². The number of nitrogens with one attached hydrogen (secondary N) is 1. The van der Waals surface area contributed by atoms with Crippen molar-refractivity contribution in [2.75, 3.05) is 11.6 Å². The third-order valence-corrected chi connectivity index (χ3v) is 5.84. The molecule has 0 aliphatic carbocycles. The molecular weight excluding hydrogens is 489 g/mol. The van der Waals surface area contributed by atoms with Crippen LogP contribution in [0.4, 0.5) is 20.4 Å². The van der Waals surface area contributed by atoms with Gasteiger partial charge in [0.2, 0.25) is 0 Å². The summed E-state index contributed by atoms with van der Waals surface area (Å²) in [5, 5.41) is 13.0. The quantitative estimate of drug-likeness (QED) is 0.249. The van der Waals surface area contributed by atoms with E-state index in [-0.39, 0.29) is 24.7 Å². The molecule has 0 bridgehead atoms. The first-order valence-electron chi connectivity index (χ1n) is 9.76. The Kier molecular flexibility index (Phi) is 7.32. The zero-order chi connectivity index (χ0) is 23.4. The summed E-state index contributed by atoms with van der Waals surface area (Å²) in [6.07, 6.45) is 1.84. The van der Waals surface area contributed by atoms with Crippen molar-refractivity contribution in [2.45, 2.75) is 13.1 Å². The Hall–Kier alpha value is -2.88. The van der Waals surface area contributed by atoms with Crippen molar-refractivity contribution >= 4 is 51.8 Å². The first kappa shape index (κ1) is 23.3. The Labute approximate surface area is 203 Å². The summed E-state index contributed by atoms with van der Waals surface area (Å²) in [7, 11) is 0. The molecule has 33 heavy (non-hydrogen) atoms. The zero-order valence-electron chi connectivity index (χ0n) is 17.3. The summed E-state index contributed by atoms with van der Waals surface area (Å²) < 4.78 is 30.9. The van der Waals surface area contributed by atoms with E-state index in [1.165, 1.54) is 33.3 Å². The average molecular weight is 507 g/mol. The molecule has 2 aromatic heterocycles. The molecule has 0 atom stereocenters. The second kappa shape index (κ2) is 10.4. The lowest BCUT2D eigenvalue weighted by atomic mass is 10.2. The second-order valence-electron chi connectivity index (χ2n) is 6.92. The average Bonchev–Trinajstić information content (AvgIpc) is 3.31. The lowest BCUT2D eigenvalue weighted by Crippen LogP contribution is -2.09. The lowest BCUT2D eigenvalue weighted by molar-refractivity contribution is 0.586. The van der Waals surface area contributed by atoms with Gasteiger partial charge in [0.15, 0.2) is 16.8 Å². The number of rotatable bonds is 6. The van der Waals surface area contributed by atoms with E-state index in [1.807, 2.05) is 6.26 Å². The van der Waals surface area contributed by atoms with Crippen molar-refractivity contribution < 1.29 is 8.78 Å². The number of benzene rings is 2. The number of anilines is 1. The molecule has 0 unspecified atom stereocenters. The van der Waals surface area contributed by atoms with E-state index in [0.717, 1.165) is 0 Å². The van der Waals surface area contributed by atoms with Crippen LogP contribution < -0.4 is 5.32 Å². The Balaban J connectivity index is 1.50. The fraction of sp³-hybridized carbons (Fsp3) is 0.136. The number of amidine groups is 1. The minimum atomic E-state index is -0.330. The highest BCUT2D eigenvalue weighted by molar-refractivity contribution is 8.13. The van der Waals surface area contributed by atoms with E-state index in [9.17, 15) is 8.78 Å². The van der Waals surface area contributed by atoms with E-state index in [1.54, 1.807) is 48.5 Å². The molecule has 11 heteroatoms. The predicted octanol–water partition coefficient (Wildman–Crippen LogP) is 6.22. The number of aliphatic imine (C=N–C) groups is 1. The van der Waals surface area contributed by atoms with Crippen molar-refractivity contribution in [3.05, 3.63) is 93.7 Å². The maximum absolute atomic E-state index is 14.0. The van der Waals surface area contributed by atoms with E-state index in [0.29, 0.717) is 38.2 Å². The Morgan fingerprint density at radius 2 is 1.45 bits per heavy atom. The molecule has 1 N–H and O–H groups in total. The first-order chi connectivity index (χ1) is 15.9. The largest absolute Gasteiger partial charge is 0.318 e. The molecule has 0 aliphatic heterocycles. The van der Waals surface area contributed by atoms with Gasteiger partial charge >= 0.3 is 0 Å². The zero-order valence-corrected chi connectivity index (χ0v) is 19.7. The minimum absolute atomic E-state index is 0.180. The first-order valence-corrected chi connectivity index (χ1v) is 11.7. The topological polar surface area (TPSA) is 60.0 Å². The van der Waals surface area contributed by atoms with Gasteiger partial charge in [-0.2, -0.15) is 10.2 Å². The van der Waals surface area contributed by atoms with Gasteiger partial charge in [0.05, 0.1) is 13.1 Å². The van der Waals surface area contributed by atoms with Crippen LogP contribution in [0.25, 0.3) is 0 Å². The van der Waals surface area contributed by atoms with Gasteiger partial charge in [-0.25, -0.2) is 23.1 Å². The number of hydrogen-bond acceptors (Lipinski definition) is 4. The molecule has 2 aromatic carbocycles. The summed E-state index contributed by atoms with van der Waals surface area (Å²) in [6.45, 7) is 0.369. The van der Waals surface area contributed by atoms with Crippen LogP contribution in [0.1, 0.15) is 11.1 Å². The molecule has 170 valence electrons. The highest BCUT2D eigenvalue weighted by Crippen LogP contribution is 2.23. The molecule has 6 nitrogen and oxygen atoms in total. The van der Waals surface area contributed by atoms with Crippen molar-refractivity contribution in [3.63, 3.8) is 0 Å². The molecule has 0 aliphatic rings. The van der Waals surface area contributed by atoms with Gasteiger partial charge in [-0.15, -0.1) is 0 Å². The van der Waals surface area contributed by atoms with Crippen LogP contribution in [0, 0.1) is 11.6 Å². The molecular formula is C22H18Cl2F2N6S. The fourth-order valence-corrected chi connectivity index (χ4v) is 3.81. The van der Waals surface area contributed by atoms with Crippen LogP contribution in [0.15, 0.2) is 65.7 Å². The van der Waals surface area contributed by atoms with Crippen LogP contribution in [0.5, 0.6) is 0 Å². The van der Waals surface area contributed by atoms with Gasteiger partial charge in [-0.3, -0.25) is 0 Å². The van der Waals surface area contributed by atoms with E-state index in [4.69, 9.17) is 23.2 Å². The standard InChI is InChI=1S/C22H18Cl2F2N6S/c1-33-22(27-20-10-18(23)31(29-20)12-14-6-2-4-8-16(14)25)28-21-11-19(24)32(30-21)13-15-7-3-5-9-17(15)26/h2-11H,12-13H2,1H3,(H,27,28,29,30). The molecule has 0 spiro atoms. The highest BCUT2D eigenvalue weighted by Gasteiger charge is 2.12. The van der Waals surface area contributed by atoms with Crippen molar-refractivity contribution in [2.24, 2.45) is 4.99 Å². The summed E-state index contributed by atoms with van der Waals surface area (Å²) in [5.41, 5.74) is 0.944. The Morgan fingerprint density at radius 1 is 0.909 bits per heavy atom. The maximum Gasteiger partial charge on any atom is 0.178 e. The van der Waals surface area contributed by atoms with Gasteiger partial charge in [0, 0.05) is 23.3 Å². The maximum atomic E-state index is 14.0. The highest BCUT2D eigenvalue weighted by atomic mass is 35.5. The molecule has 0 radical (unpaired) electrons. The number of hydrogen-bond donors (Lipinski definition) is 1. The summed E-state index contributed by atoms with van der Waals surface area (Å²) >= 11 is 13.9. The van der Waals surface area contributed by atoms with Crippen LogP contribution in [-0.2, 0) is 13.1 Å². The molecule has 0 amide bonds. The lowest BCUT2D eigenvalue weighted by Gasteiger charge is -2.05. The van der Waals surface area contributed by atoms with Crippen molar-refractivity contribution in [3.8, 4) is 0 Å². The van der Waals surface area contributed by atoms with E-state index < -0.39 is 0 Å². The Bertz CT molecular complexity index is 1300. The van der Waals surface area contributed by atoms with Gasteiger partial charge in [-0.1, -0.05) is 71.4 Å². The summed E-state index contributed by atoms with van der Waals surface area (Å²) in [6, 6.07) is 16.1. The smallest absolute Gasteiger partial charge is 0.178 e. The van der Waals surface area contributed by atoms with Gasteiger partial charge < -0.3 is 5.32 Å². The molecule has 0 fully saturated rings. The van der Waals surface area contributed by atoms with E-state index >= 15 is 0 Å². The molecule has 4 aromatic rings. The molecule has 0 saturated heterocycles. The predicted molar refractivity (Wildman–Crippen MR) is 130 cm³/mol. The van der Waals surface area contributed by atoms with Crippen molar-refractivity contribution in [1.29, 1.82) is 0 Å². The molecule has 2 heterocycles. The number of nitrogens with zero attached hydrogens (tertiary/aromatic N) is 5. The number of halogens is 4. The van der Waals surface area contributed by atoms with Crippen molar-refractivity contribution in [1.82, 2.24) is 19.6 Å². The third kappa shape index (κ3) is 5.73. The van der Waals surface area contributed by atoms with Crippen LogP contribution in [0.3, 0.4) is 0 Å². The van der Waals surface area contributed by atoms with Crippen LogP contribution in [-0.4, -0.2) is 31.0 Å². The SMILES string of the molecule is CSC(=Nc1cc(Cl)n(Cc2ccccc2F)n1)Nc1cc(Cl)n(Cc2ccccc2F)n1. The monoisotopic (exact) mass is 506 g/mol. The normalized spacial score (nSPS) is 11.7. The summed E-state index contributed by atoms with van der Waals surface area (Å²) in [4.78, 5) is 4.46. The molecule has 0 saturated carbocycles. The third-order valence-electron chi connectivity index (χ3n) is 4.65. The van der Waals surface area contributed by atoms with Crippen LogP contribution >= 0.6 is 35.0 Å². The summed E-state index contributed by atoms with van der Waals surface area (Å²) in [5.74, 6) is 0.141. The van der Waals surface area contributed by atoms with Crippen LogP contribution in [0.2, 0.25) is 10.3 Å². The Morgan fingerprint density at radius 3 is 2.03 bits per heavy atom. The molecule has 4 rings (SSSR count). The van der Waals surface area contributed by atoms with E-state index in [2.05, 4.69) is 20.5 Å². The second-order valence-corrected chi connectivity index (χ2v) is 8.49. The van der Waals surface area contributed by atoms with Gasteiger partial charge in [-0.05, 0) is 18.4 Å². The minimum Gasteiger partial charge on any atom is -0.318 e. The van der Waals surface area contributed by atoms with Gasteiger partial charge in [0.1, 0.15) is 21.9 Å². The fourth-order valence-electron chi connectivity index (χ4n) is 3.03. The number of aromatic nitrogens is 4. The number of thioether (sulfide) groups is 1.